The van der Waals surface area contributed by atoms with E-state index in [2.05, 4.69) is 5.32 Å². The maximum atomic E-state index is 12.6. The number of thioether (sulfide) groups is 1. The number of hydrogen-bond acceptors (Lipinski definition) is 6. The van der Waals surface area contributed by atoms with E-state index < -0.39 is 39.5 Å². The lowest BCUT2D eigenvalue weighted by Gasteiger charge is -2.46. The zero-order valence-corrected chi connectivity index (χ0v) is 21.7. The standard InChI is InChI=1S/C24H28Cl3NO5S/c1-2-34-22-19(28-23(30)24(25,26)27)21(32-15-17-11-7-4-8-12-17)20(18(13-29)33-22)31-14-16-9-5-3-6-10-16/h3-12,18-22,29H,2,13-15H2,1H3,(H,28,30)/t18-,19-,20-,21-,22+/m1/s1. The van der Waals surface area contributed by atoms with E-state index in [1.165, 1.54) is 11.8 Å². The predicted molar refractivity (Wildman–Crippen MR) is 136 cm³/mol. The number of halogens is 3. The number of rotatable bonds is 10. The van der Waals surface area contributed by atoms with Crippen molar-refractivity contribution in [3.63, 3.8) is 0 Å². The summed E-state index contributed by atoms with van der Waals surface area (Å²) in [5, 5.41) is 12.9. The van der Waals surface area contributed by atoms with Gasteiger partial charge in [-0.3, -0.25) is 4.79 Å². The van der Waals surface area contributed by atoms with Gasteiger partial charge in [0.1, 0.15) is 23.7 Å². The second-order valence-corrected chi connectivity index (χ2v) is 11.4. The normalized spacial score (nSPS) is 25.1. The molecule has 1 aliphatic heterocycles. The van der Waals surface area contributed by atoms with E-state index in [1.807, 2.05) is 67.6 Å². The summed E-state index contributed by atoms with van der Waals surface area (Å²) in [5.74, 6) is -0.0884. The van der Waals surface area contributed by atoms with E-state index >= 15 is 0 Å². The van der Waals surface area contributed by atoms with Crippen molar-refractivity contribution in [2.24, 2.45) is 0 Å². The van der Waals surface area contributed by atoms with Gasteiger partial charge in [-0.05, 0) is 16.9 Å². The molecule has 0 radical (unpaired) electrons. The van der Waals surface area contributed by atoms with Crippen LogP contribution in [0.3, 0.4) is 0 Å². The van der Waals surface area contributed by atoms with Crippen LogP contribution in [0, 0.1) is 0 Å². The van der Waals surface area contributed by atoms with Crippen molar-refractivity contribution < 1.29 is 24.1 Å². The average molecular weight is 549 g/mol. The van der Waals surface area contributed by atoms with E-state index in [-0.39, 0.29) is 19.8 Å². The Balaban J connectivity index is 1.90. The van der Waals surface area contributed by atoms with Crippen LogP contribution in [0.25, 0.3) is 0 Å². The summed E-state index contributed by atoms with van der Waals surface area (Å²) in [7, 11) is 0. The van der Waals surface area contributed by atoms with Crippen molar-refractivity contribution >= 4 is 52.5 Å². The molecule has 2 N–H and O–H groups in total. The third kappa shape index (κ3) is 7.73. The quantitative estimate of drug-likeness (QED) is 0.426. The van der Waals surface area contributed by atoms with Gasteiger partial charge < -0.3 is 24.6 Å². The maximum absolute atomic E-state index is 12.6. The first-order valence-electron chi connectivity index (χ1n) is 10.9. The van der Waals surface area contributed by atoms with Crippen molar-refractivity contribution in [3.8, 4) is 0 Å². The second-order valence-electron chi connectivity index (χ2n) is 7.70. The molecule has 1 aliphatic rings. The van der Waals surface area contributed by atoms with Crippen LogP contribution in [0.1, 0.15) is 18.1 Å². The van der Waals surface area contributed by atoms with Crippen LogP contribution in [0.4, 0.5) is 0 Å². The minimum absolute atomic E-state index is 0.262. The predicted octanol–water partition coefficient (Wildman–Crippen LogP) is 4.48. The van der Waals surface area contributed by atoms with E-state index in [4.69, 9.17) is 49.0 Å². The number of carbonyl (C=O) groups is 1. The summed E-state index contributed by atoms with van der Waals surface area (Å²) >= 11 is 19.0. The number of benzene rings is 2. The van der Waals surface area contributed by atoms with Crippen LogP contribution in [0.15, 0.2) is 60.7 Å². The number of hydrogen-bond donors (Lipinski definition) is 2. The largest absolute Gasteiger partial charge is 0.394 e. The summed E-state index contributed by atoms with van der Waals surface area (Å²) in [6.07, 6.45) is -2.05. The zero-order chi connectivity index (χ0) is 24.6. The minimum Gasteiger partial charge on any atom is -0.394 e. The fourth-order valence-corrected chi connectivity index (χ4v) is 4.82. The van der Waals surface area contributed by atoms with Gasteiger partial charge in [0.25, 0.3) is 9.70 Å². The lowest BCUT2D eigenvalue weighted by molar-refractivity contribution is -0.211. The van der Waals surface area contributed by atoms with Crippen LogP contribution in [-0.4, -0.2) is 57.0 Å². The van der Waals surface area contributed by atoms with Gasteiger partial charge in [-0.15, -0.1) is 11.8 Å². The van der Waals surface area contributed by atoms with E-state index in [0.29, 0.717) is 5.75 Å². The van der Waals surface area contributed by atoms with E-state index in [1.54, 1.807) is 0 Å². The Kier molecular flexibility index (Phi) is 10.8. The molecule has 34 heavy (non-hydrogen) atoms. The first-order valence-corrected chi connectivity index (χ1v) is 13.1. The Morgan fingerprint density at radius 1 is 1.00 bits per heavy atom. The molecule has 1 heterocycles. The monoisotopic (exact) mass is 547 g/mol. The third-order valence-electron chi connectivity index (χ3n) is 5.28. The third-order valence-corrected chi connectivity index (χ3v) is 6.86. The number of ether oxygens (including phenoxy) is 3. The van der Waals surface area contributed by atoms with Gasteiger partial charge in [-0.1, -0.05) is 102 Å². The molecule has 10 heteroatoms. The summed E-state index contributed by atoms with van der Waals surface area (Å²) in [5.41, 5.74) is 1.35. The second kappa shape index (κ2) is 13.3. The molecule has 0 aromatic heterocycles. The summed E-state index contributed by atoms with van der Waals surface area (Å²) < 4.78 is 16.6. The summed E-state index contributed by atoms with van der Waals surface area (Å²) in [6.45, 7) is 2.22. The Hall–Kier alpha value is -1.03. The molecule has 0 spiro atoms. The van der Waals surface area contributed by atoms with Gasteiger partial charge in [0.05, 0.1) is 25.9 Å². The number of aliphatic hydroxyl groups is 1. The number of aliphatic hydroxyl groups excluding tert-OH is 1. The molecule has 0 bridgehead atoms. The SMILES string of the molecule is CCS[C@@H]1O[C@H](CO)[C@@H](OCc2ccccc2)[C@H](OCc2ccccc2)[C@H]1NC(=O)C(Cl)(Cl)Cl. The number of carbonyl (C=O) groups excluding carboxylic acids is 1. The smallest absolute Gasteiger partial charge is 0.272 e. The molecule has 0 unspecified atom stereocenters. The first-order chi connectivity index (χ1) is 16.3. The lowest BCUT2D eigenvalue weighted by atomic mass is 9.97. The van der Waals surface area contributed by atoms with Gasteiger partial charge in [0.15, 0.2) is 0 Å². The van der Waals surface area contributed by atoms with Crippen molar-refractivity contribution in [2.75, 3.05) is 12.4 Å². The highest BCUT2D eigenvalue weighted by atomic mass is 35.6. The fraction of sp³-hybridized carbons (Fsp3) is 0.458. The summed E-state index contributed by atoms with van der Waals surface area (Å²) in [6, 6.07) is 18.6. The Labute approximate surface area is 219 Å². The highest BCUT2D eigenvalue weighted by Crippen LogP contribution is 2.34. The van der Waals surface area contributed by atoms with Gasteiger partial charge in [0, 0.05) is 0 Å². The molecular formula is C24H28Cl3NO5S. The number of alkyl halides is 3. The van der Waals surface area contributed by atoms with Crippen LogP contribution in [-0.2, 0) is 32.2 Å². The molecule has 0 aliphatic carbocycles. The molecule has 6 nitrogen and oxygen atoms in total. The molecule has 2 aromatic rings. The van der Waals surface area contributed by atoms with Crippen LogP contribution in [0.2, 0.25) is 0 Å². The van der Waals surface area contributed by atoms with Crippen molar-refractivity contribution in [1.82, 2.24) is 5.32 Å². The summed E-state index contributed by atoms with van der Waals surface area (Å²) in [4.78, 5) is 12.6. The van der Waals surface area contributed by atoms with Crippen molar-refractivity contribution in [1.29, 1.82) is 0 Å². The highest BCUT2D eigenvalue weighted by Gasteiger charge is 2.49. The fourth-order valence-electron chi connectivity index (χ4n) is 3.68. The van der Waals surface area contributed by atoms with Crippen molar-refractivity contribution in [3.05, 3.63) is 71.8 Å². The van der Waals surface area contributed by atoms with Gasteiger partial charge in [-0.2, -0.15) is 0 Å². The minimum atomic E-state index is -2.15. The molecular weight excluding hydrogens is 521 g/mol. The molecule has 186 valence electrons. The Morgan fingerprint density at radius 2 is 1.53 bits per heavy atom. The number of amides is 1. The molecule has 1 fully saturated rings. The topological polar surface area (TPSA) is 77.0 Å². The average Bonchev–Trinajstić information content (AvgIpc) is 2.83. The molecule has 3 rings (SSSR count). The zero-order valence-electron chi connectivity index (χ0n) is 18.6. The van der Waals surface area contributed by atoms with Gasteiger partial charge in [0.2, 0.25) is 0 Å². The first kappa shape index (κ1) is 27.6. The molecule has 0 saturated carbocycles. The van der Waals surface area contributed by atoms with E-state index in [9.17, 15) is 9.90 Å². The lowest BCUT2D eigenvalue weighted by Crippen LogP contribution is -2.65. The van der Waals surface area contributed by atoms with Crippen molar-refractivity contribution in [2.45, 2.75) is 53.7 Å². The van der Waals surface area contributed by atoms with Crippen LogP contribution < -0.4 is 5.32 Å². The Morgan fingerprint density at radius 3 is 2.00 bits per heavy atom. The number of nitrogens with one attached hydrogen (secondary N) is 1. The molecule has 1 saturated heterocycles. The van der Waals surface area contributed by atoms with Crippen LogP contribution >= 0.6 is 46.6 Å². The van der Waals surface area contributed by atoms with Gasteiger partial charge in [-0.25, -0.2) is 0 Å². The molecule has 2 aromatic carbocycles. The maximum Gasteiger partial charge on any atom is 0.272 e. The Bertz CT molecular complexity index is 887. The highest BCUT2D eigenvalue weighted by molar-refractivity contribution is 7.99. The molecule has 5 atom stereocenters. The van der Waals surface area contributed by atoms with Crippen LogP contribution in [0.5, 0.6) is 0 Å². The van der Waals surface area contributed by atoms with E-state index in [0.717, 1.165) is 11.1 Å². The van der Waals surface area contributed by atoms with Gasteiger partial charge >= 0.3 is 0 Å². The molecule has 1 amide bonds.